The van der Waals surface area contributed by atoms with E-state index in [4.69, 9.17) is 17.4 Å². The number of thioether (sulfide) groups is 1. The van der Waals surface area contributed by atoms with E-state index in [1.807, 2.05) is 48.2 Å². The van der Waals surface area contributed by atoms with Crippen molar-refractivity contribution < 1.29 is 9.59 Å². The van der Waals surface area contributed by atoms with Crippen molar-refractivity contribution >= 4 is 52.2 Å². The summed E-state index contributed by atoms with van der Waals surface area (Å²) in [4.78, 5) is 30.7. The summed E-state index contributed by atoms with van der Waals surface area (Å²) in [6.45, 7) is 4.33. The molecule has 200 valence electrons. The Hall–Kier alpha value is -3.75. The van der Waals surface area contributed by atoms with Crippen molar-refractivity contribution in [3.8, 4) is 11.3 Å². The molecule has 0 saturated heterocycles. The van der Waals surface area contributed by atoms with Gasteiger partial charge in [0.05, 0.1) is 22.6 Å². The van der Waals surface area contributed by atoms with E-state index in [9.17, 15) is 9.59 Å². The average molecular weight is 560 g/mol. The van der Waals surface area contributed by atoms with E-state index in [2.05, 4.69) is 29.5 Å². The molecule has 0 radical (unpaired) electrons. The van der Waals surface area contributed by atoms with Gasteiger partial charge in [-0.2, -0.15) is 11.8 Å². The van der Waals surface area contributed by atoms with Crippen molar-refractivity contribution in [2.45, 2.75) is 31.9 Å². The van der Waals surface area contributed by atoms with Gasteiger partial charge >= 0.3 is 0 Å². The van der Waals surface area contributed by atoms with E-state index in [1.54, 1.807) is 41.2 Å². The fraction of sp³-hybridized carbons (Fsp3) is 0.233. The van der Waals surface area contributed by atoms with Crippen LogP contribution in [-0.2, 0) is 6.42 Å². The van der Waals surface area contributed by atoms with Crippen molar-refractivity contribution in [3.63, 3.8) is 0 Å². The van der Waals surface area contributed by atoms with E-state index in [0.717, 1.165) is 22.7 Å². The molecule has 0 fully saturated rings. The number of rotatable bonds is 8. The molecule has 1 aliphatic rings. The molecule has 4 N–H and O–H groups in total. The maximum Gasteiger partial charge on any atom is 0.256 e. The number of amides is 1. The summed E-state index contributed by atoms with van der Waals surface area (Å²) in [5.74, 6) is 8.02. The lowest BCUT2D eigenvalue weighted by Crippen LogP contribution is -2.26. The predicted molar refractivity (Wildman–Crippen MR) is 161 cm³/mol. The molecule has 0 aliphatic heterocycles. The number of hydrogen-bond acceptors (Lipinski definition) is 6. The summed E-state index contributed by atoms with van der Waals surface area (Å²) in [5.41, 5.74) is 4.82. The molecule has 2 aromatic carbocycles. The maximum absolute atomic E-state index is 13.5. The molecule has 39 heavy (non-hydrogen) atoms. The molecule has 2 heterocycles. The average Bonchev–Trinajstić information content (AvgIpc) is 3.20. The number of hydrogen-bond donors (Lipinski definition) is 3. The first kappa shape index (κ1) is 26.8. The lowest BCUT2D eigenvalue weighted by atomic mass is 9.87. The minimum atomic E-state index is -0.304. The topological polar surface area (TPSA) is 102 Å². The van der Waals surface area contributed by atoms with Crippen LogP contribution in [0.4, 0.5) is 17.2 Å². The molecular weight excluding hydrogens is 530 g/mol. The van der Waals surface area contributed by atoms with Crippen LogP contribution in [0.1, 0.15) is 46.7 Å². The zero-order valence-corrected chi connectivity index (χ0v) is 23.4. The highest BCUT2D eigenvalue weighted by Gasteiger charge is 2.34. The summed E-state index contributed by atoms with van der Waals surface area (Å²) in [5, 5.41) is 7.36. The number of nitrogens with zero attached hydrogens (tertiary/aromatic N) is 2. The fourth-order valence-corrected chi connectivity index (χ4v) is 5.82. The molecule has 2 aromatic heterocycles. The molecule has 0 saturated carbocycles. The number of para-hydroxylation sites is 1. The number of nitrogens with two attached hydrogens (primary N) is 1. The fourth-order valence-electron chi connectivity index (χ4n) is 4.80. The van der Waals surface area contributed by atoms with Gasteiger partial charge in [0.15, 0.2) is 5.78 Å². The smallest absolute Gasteiger partial charge is 0.256 e. The Morgan fingerprint density at radius 1 is 1.13 bits per heavy atom. The third kappa shape index (κ3) is 5.97. The third-order valence-corrected chi connectivity index (χ3v) is 8.21. The van der Waals surface area contributed by atoms with Gasteiger partial charge in [0, 0.05) is 34.5 Å². The van der Waals surface area contributed by atoms with E-state index >= 15 is 0 Å². The summed E-state index contributed by atoms with van der Waals surface area (Å²) >= 11 is 7.82. The highest BCUT2D eigenvalue weighted by atomic mass is 35.5. The lowest BCUT2D eigenvalue weighted by Gasteiger charge is -2.23. The van der Waals surface area contributed by atoms with Crippen LogP contribution in [0.15, 0.2) is 72.9 Å². The van der Waals surface area contributed by atoms with Crippen LogP contribution < -0.4 is 16.5 Å². The standard InChI is InChI=1S/C30H30ClN5O2S/c1-18(2)39-17-19-14-24-27(25(37)15-19)28(34-23-6-4-3-5-7-23)29(36(24)32)21-12-13-33-26(16-21)35-30(38)20-8-10-22(31)11-9-20/h3-13,16,18-19,34H,14-15,17,32H2,1-2H3,(H,33,35,38). The number of nitrogens with one attached hydrogen (secondary N) is 2. The summed E-state index contributed by atoms with van der Waals surface area (Å²) < 4.78 is 1.63. The van der Waals surface area contributed by atoms with Gasteiger partial charge in [-0.05, 0) is 71.9 Å². The van der Waals surface area contributed by atoms with Gasteiger partial charge in [0.25, 0.3) is 5.91 Å². The SMILES string of the molecule is CC(C)SCC1CC(=O)c2c(Nc3ccccc3)c(-c3ccnc(NC(=O)c4ccc(Cl)cc4)c3)n(N)c2C1. The Kier molecular flexibility index (Phi) is 7.95. The summed E-state index contributed by atoms with van der Waals surface area (Å²) in [6, 6.07) is 19.9. The van der Waals surface area contributed by atoms with Crippen molar-refractivity contribution in [2.24, 2.45) is 5.92 Å². The van der Waals surface area contributed by atoms with E-state index in [1.165, 1.54) is 0 Å². The number of anilines is 3. The van der Waals surface area contributed by atoms with E-state index in [0.29, 0.717) is 51.4 Å². The second kappa shape index (κ2) is 11.6. The Balaban J connectivity index is 1.53. The highest BCUT2D eigenvalue weighted by molar-refractivity contribution is 7.99. The van der Waals surface area contributed by atoms with Crippen molar-refractivity contribution in [1.29, 1.82) is 0 Å². The summed E-state index contributed by atoms with van der Waals surface area (Å²) in [7, 11) is 0. The van der Waals surface area contributed by atoms with Crippen LogP contribution in [-0.4, -0.2) is 32.4 Å². The Labute approximate surface area is 237 Å². The Bertz CT molecular complexity index is 1500. The molecule has 1 atom stereocenters. The number of ketones is 1. The van der Waals surface area contributed by atoms with Crippen LogP contribution in [0.5, 0.6) is 0 Å². The zero-order valence-electron chi connectivity index (χ0n) is 21.8. The first-order valence-electron chi connectivity index (χ1n) is 12.8. The van der Waals surface area contributed by atoms with Crippen LogP contribution >= 0.6 is 23.4 Å². The second-order valence-corrected chi connectivity index (χ2v) is 11.9. The number of carbonyl (C=O) groups excluding carboxylic acids is 2. The number of aromatic nitrogens is 2. The lowest BCUT2D eigenvalue weighted by molar-refractivity contribution is 0.0953. The normalized spacial score (nSPS) is 14.8. The molecular formula is C30H30ClN5O2S. The molecule has 9 heteroatoms. The quantitative estimate of drug-likeness (QED) is 0.205. The molecule has 1 unspecified atom stereocenters. The number of nitrogen functional groups attached to an aromatic ring is 1. The monoisotopic (exact) mass is 559 g/mol. The molecule has 7 nitrogen and oxygen atoms in total. The number of benzene rings is 2. The van der Waals surface area contributed by atoms with Gasteiger partial charge < -0.3 is 16.5 Å². The number of halogens is 1. The van der Waals surface area contributed by atoms with Gasteiger partial charge in [-0.1, -0.05) is 43.6 Å². The van der Waals surface area contributed by atoms with E-state index in [-0.39, 0.29) is 17.6 Å². The minimum absolute atomic E-state index is 0.0832. The molecule has 1 amide bonds. The zero-order chi connectivity index (χ0) is 27.5. The number of Topliss-reactive ketones (excluding diaryl/α,β-unsaturated/α-hetero) is 1. The molecule has 5 rings (SSSR count). The largest absolute Gasteiger partial charge is 0.353 e. The second-order valence-electron chi connectivity index (χ2n) is 9.88. The number of fused-ring (bicyclic) bond motifs is 1. The number of carbonyl (C=O) groups is 2. The van der Waals surface area contributed by atoms with E-state index < -0.39 is 0 Å². The Morgan fingerprint density at radius 2 is 1.87 bits per heavy atom. The molecule has 1 aliphatic carbocycles. The molecule has 0 bridgehead atoms. The Morgan fingerprint density at radius 3 is 2.59 bits per heavy atom. The maximum atomic E-state index is 13.5. The van der Waals surface area contributed by atoms with Crippen LogP contribution in [0.3, 0.4) is 0 Å². The van der Waals surface area contributed by atoms with Crippen LogP contribution in [0.2, 0.25) is 5.02 Å². The first-order chi connectivity index (χ1) is 18.8. The van der Waals surface area contributed by atoms with Gasteiger partial charge in [-0.25, -0.2) is 4.98 Å². The highest BCUT2D eigenvalue weighted by Crippen LogP contribution is 2.42. The first-order valence-corrected chi connectivity index (χ1v) is 14.3. The van der Waals surface area contributed by atoms with Crippen molar-refractivity contribution in [2.75, 3.05) is 22.2 Å². The molecule has 0 spiro atoms. The van der Waals surface area contributed by atoms with Gasteiger partial charge in [0.1, 0.15) is 5.82 Å². The van der Waals surface area contributed by atoms with Gasteiger partial charge in [-0.3, -0.25) is 14.3 Å². The summed E-state index contributed by atoms with van der Waals surface area (Å²) in [6.07, 6.45) is 2.82. The molecule has 4 aromatic rings. The number of pyridine rings is 1. The van der Waals surface area contributed by atoms with Crippen molar-refractivity contribution in [3.05, 3.63) is 94.8 Å². The van der Waals surface area contributed by atoms with Crippen LogP contribution in [0.25, 0.3) is 11.3 Å². The van der Waals surface area contributed by atoms with Gasteiger partial charge in [0.2, 0.25) is 0 Å². The predicted octanol–water partition coefficient (Wildman–Crippen LogP) is 6.80. The van der Waals surface area contributed by atoms with Crippen LogP contribution in [0, 0.1) is 5.92 Å². The third-order valence-electron chi connectivity index (χ3n) is 6.63. The van der Waals surface area contributed by atoms with Gasteiger partial charge in [-0.15, -0.1) is 0 Å². The van der Waals surface area contributed by atoms with Crippen molar-refractivity contribution in [1.82, 2.24) is 9.66 Å². The minimum Gasteiger partial charge on any atom is -0.353 e.